The summed E-state index contributed by atoms with van der Waals surface area (Å²) in [5.41, 5.74) is 0.0561. The Morgan fingerprint density at radius 3 is 2.94 bits per heavy atom. The Morgan fingerprint density at radius 2 is 2.31 bits per heavy atom. The molecular weight excluding hydrogens is 277 g/mol. The van der Waals surface area contributed by atoms with Crippen LogP contribution in [-0.2, 0) is 4.74 Å². The maximum absolute atomic E-state index is 13.4. The second kappa shape index (κ2) is 6.60. The zero-order valence-electron chi connectivity index (χ0n) is 8.93. The Balaban J connectivity index is 2.53. The summed E-state index contributed by atoms with van der Waals surface area (Å²) in [6.45, 7) is 1.05. The van der Waals surface area contributed by atoms with Crippen LogP contribution >= 0.6 is 15.9 Å². The van der Waals surface area contributed by atoms with Gasteiger partial charge in [-0.05, 0) is 24.6 Å². The third-order valence-corrected chi connectivity index (χ3v) is 2.48. The zero-order chi connectivity index (χ0) is 12.0. The lowest BCUT2D eigenvalue weighted by molar-refractivity contribution is 0.0944. The number of hydrogen-bond acceptors (Lipinski definition) is 2. The van der Waals surface area contributed by atoms with Crippen molar-refractivity contribution in [3.63, 3.8) is 0 Å². The van der Waals surface area contributed by atoms with E-state index in [-0.39, 0.29) is 5.56 Å². The van der Waals surface area contributed by atoms with Gasteiger partial charge < -0.3 is 10.1 Å². The van der Waals surface area contributed by atoms with Gasteiger partial charge in [-0.25, -0.2) is 4.39 Å². The van der Waals surface area contributed by atoms with Crippen LogP contribution in [0.4, 0.5) is 4.39 Å². The summed E-state index contributed by atoms with van der Waals surface area (Å²) in [7, 11) is 1.59. The lowest BCUT2D eigenvalue weighted by Gasteiger charge is -2.05. The number of ether oxygens (including phenoxy) is 1. The van der Waals surface area contributed by atoms with Crippen LogP contribution in [0.25, 0.3) is 0 Å². The first-order valence-electron chi connectivity index (χ1n) is 4.87. The van der Waals surface area contributed by atoms with E-state index in [2.05, 4.69) is 21.2 Å². The van der Waals surface area contributed by atoms with Gasteiger partial charge in [0.25, 0.3) is 5.91 Å². The summed E-state index contributed by atoms with van der Waals surface area (Å²) in [5.74, 6) is -0.931. The molecule has 0 atom stereocenters. The molecule has 0 aliphatic carbocycles. The normalized spacial score (nSPS) is 10.2. The average Bonchev–Trinajstić information content (AvgIpc) is 2.24. The molecule has 1 aromatic carbocycles. The van der Waals surface area contributed by atoms with Crippen molar-refractivity contribution >= 4 is 21.8 Å². The number of hydrogen-bond donors (Lipinski definition) is 1. The molecule has 1 amide bonds. The molecule has 0 aliphatic heterocycles. The first kappa shape index (κ1) is 13.1. The van der Waals surface area contributed by atoms with Crippen molar-refractivity contribution in [2.75, 3.05) is 20.3 Å². The van der Waals surface area contributed by atoms with Gasteiger partial charge in [-0.3, -0.25) is 4.79 Å². The molecular formula is C11H13BrFNO2. The molecule has 0 radical (unpaired) electrons. The smallest absolute Gasteiger partial charge is 0.254 e. The third kappa shape index (κ3) is 3.90. The number of nitrogens with one attached hydrogen (secondary N) is 1. The lowest BCUT2D eigenvalue weighted by Crippen LogP contribution is -2.26. The highest BCUT2D eigenvalue weighted by atomic mass is 79.9. The van der Waals surface area contributed by atoms with Gasteiger partial charge >= 0.3 is 0 Å². The topological polar surface area (TPSA) is 38.3 Å². The van der Waals surface area contributed by atoms with Gasteiger partial charge in [-0.15, -0.1) is 0 Å². The second-order valence-electron chi connectivity index (χ2n) is 3.23. The molecule has 0 aliphatic rings. The number of rotatable bonds is 5. The molecule has 1 aromatic rings. The molecule has 3 nitrogen and oxygen atoms in total. The minimum Gasteiger partial charge on any atom is -0.385 e. The maximum atomic E-state index is 13.4. The molecule has 5 heteroatoms. The second-order valence-corrected chi connectivity index (χ2v) is 4.14. The Kier molecular flexibility index (Phi) is 5.42. The van der Waals surface area contributed by atoms with E-state index in [1.54, 1.807) is 13.2 Å². The van der Waals surface area contributed by atoms with Gasteiger partial charge in [-0.1, -0.05) is 15.9 Å². The number of benzene rings is 1. The van der Waals surface area contributed by atoms with Gasteiger partial charge in [0.05, 0.1) is 5.56 Å². The van der Waals surface area contributed by atoms with E-state index in [0.29, 0.717) is 24.0 Å². The van der Waals surface area contributed by atoms with Crippen molar-refractivity contribution in [3.8, 4) is 0 Å². The summed E-state index contributed by atoms with van der Waals surface area (Å²) < 4.78 is 18.8. The molecule has 0 heterocycles. The van der Waals surface area contributed by atoms with Crippen LogP contribution in [0, 0.1) is 5.82 Å². The fraction of sp³-hybridized carbons (Fsp3) is 0.364. The third-order valence-electron chi connectivity index (χ3n) is 1.99. The monoisotopic (exact) mass is 289 g/mol. The summed E-state index contributed by atoms with van der Waals surface area (Å²) in [5, 5.41) is 2.62. The van der Waals surface area contributed by atoms with Gasteiger partial charge in [0.2, 0.25) is 0 Å². The van der Waals surface area contributed by atoms with Gasteiger partial charge in [-0.2, -0.15) is 0 Å². The van der Waals surface area contributed by atoms with Crippen LogP contribution in [0.1, 0.15) is 16.8 Å². The molecule has 0 bridgehead atoms. The maximum Gasteiger partial charge on any atom is 0.254 e. The number of methoxy groups -OCH3 is 1. The number of carbonyl (C=O) groups is 1. The highest BCUT2D eigenvalue weighted by molar-refractivity contribution is 9.10. The summed E-state index contributed by atoms with van der Waals surface area (Å²) in [6, 6.07) is 4.35. The van der Waals surface area contributed by atoms with E-state index in [9.17, 15) is 9.18 Å². The van der Waals surface area contributed by atoms with Crippen LogP contribution in [0.15, 0.2) is 22.7 Å². The van der Waals surface area contributed by atoms with Crippen molar-refractivity contribution in [2.45, 2.75) is 6.42 Å². The molecule has 0 fully saturated rings. The zero-order valence-corrected chi connectivity index (χ0v) is 10.5. The molecule has 0 aromatic heterocycles. The minimum absolute atomic E-state index is 0.0561. The van der Waals surface area contributed by atoms with Crippen molar-refractivity contribution in [2.24, 2.45) is 0 Å². The molecule has 0 unspecified atom stereocenters. The van der Waals surface area contributed by atoms with E-state index >= 15 is 0 Å². The van der Waals surface area contributed by atoms with Gasteiger partial charge in [0.1, 0.15) is 5.82 Å². The van der Waals surface area contributed by atoms with Crippen LogP contribution in [-0.4, -0.2) is 26.2 Å². The highest BCUT2D eigenvalue weighted by Gasteiger charge is 2.10. The number of carbonyl (C=O) groups excluding carboxylic acids is 1. The van der Waals surface area contributed by atoms with Crippen molar-refractivity contribution in [3.05, 3.63) is 34.1 Å². The summed E-state index contributed by atoms with van der Waals surface area (Å²) in [4.78, 5) is 11.5. The lowest BCUT2D eigenvalue weighted by atomic mass is 10.2. The first-order valence-corrected chi connectivity index (χ1v) is 5.66. The van der Waals surface area contributed by atoms with Crippen LogP contribution in [0.5, 0.6) is 0 Å². The van der Waals surface area contributed by atoms with E-state index in [0.717, 1.165) is 0 Å². The van der Waals surface area contributed by atoms with Crippen LogP contribution in [0.3, 0.4) is 0 Å². The Morgan fingerprint density at radius 1 is 1.56 bits per heavy atom. The van der Waals surface area contributed by atoms with E-state index in [1.807, 2.05) is 0 Å². The van der Waals surface area contributed by atoms with Crippen molar-refractivity contribution < 1.29 is 13.9 Å². The predicted octanol–water partition coefficient (Wildman–Crippen LogP) is 2.35. The Hall–Kier alpha value is -0.940. The SMILES string of the molecule is COCCCNC(=O)c1ccc(Br)cc1F. The predicted molar refractivity (Wildman–Crippen MR) is 62.9 cm³/mol. The molecule has 1 rings (SSSR count). The number of amides is 1. The fourth-order valence-electron chi connectivity index (χ4n) is 1.19. The molecule has 16 heavy (non-hydrogen) atoms. The van der Waals surface area contributed by atoms with Gasteiger partial charge in [0, 0.05) is 24.7 Å². The van der Waals surface area contributed by atoms with Gasteiger partial charge in [0.15, 0.2) is 0 Å². The Labute approximate surface area is 102 Å². The van der Waals surface area contributed by atoms with Crippen molar-refractivity contribution in [1.29, 1.82) is 0 Å². The highest BCUT2D eigenvalue weighted by Crippen LogP contribution is 2.14. The molecule has 0 saturated carbocycles. The Bertz CT molecular complexity index is 371. The summed E-state index contributed by atoms with van der Waals surface area (Å²) in [6.07, 6.45) is 0.709. The average molecular weight is 290 g/mol. The van der Waals surface area contributed by atoms with E-state index in [4.69, 9.17) is 4.74 Å². The molecule has 0 saturated heterocycles. The largest absolute Gasteiger partial charge is 0.385 e. The van der Waals surface area contributed by atoms with Crippen LogP contribution in [0.2, 0.25) is 0 Å². The molecule has 88 valence electrons. The summed E-state index contributed by atoms with van der Waals surface area (Å²) >= 11 is 3.13. The molecule has 1 N–H and O–H groups in total. The fourth-order valence-corrected chi connectivity index (χ4v) is 1.52. The van der Waals surface area contributed by atoms with Crippen LogP contribution < -0.4 is 5.32 Å². The van der Waals surface area contributed by atoms with Crippen molar-refractivity contribution in [1.82, 2.24) is 5.32 Å². The minimum atomic E-state index is -0.529. The van der Waals surface area contributed by atoms with E-state index in [1.165, 1.54) is 12.1 Å². The standard InChI is InChI=1S/C11H13BrFNO2/c1-16-6-2-5-14-11(15)9-4-3-8(12)7-10(9)13/h3-4,7H,2,5-6H2,1H3,(H,14,15). The molecule has 0 spiro atoms. The quantitative estimate of drug-likeness (QED) is 0.845. The number of halogens is 2. The van der Waals surface area contributed by atoms with E-state index < -0.39 is 11.7 Å². The first-order chi connectivity index (χ1) is 7.65.